The summed E-state index contributed by atoms with van der Waals surface area (Å²) in [5.74, 6) is -0.601. The second kappa shape index (κ2) is 6.41. The van der Waals surface area contributed by atoms with E-state index in [0.29, 0.717) is 6.42 Å². The molecular formula is C15H15NO4S. The summed E-state index contributed by atoms with van der Waals surface area (Å²) in [5.41, 5.74) is 0.967. The minimum atomic E-state index is -3.89. The summed E-state index contributed by atoms with van der Waals surface area (Å²) in [6, 6.07) is 14.3. The van der Waals surface area contributed by atoms with Gasteiger partial charge in [-0.25, -0.2) is 13.1 Å². The van der Waals surface area contributed by atoms with Crippen molar-refractivity contribution < 1.29 is 18.3 Å². The maximum Gasteiger partial charge on any atom is 0.264 e. The lowest BCUT2D eigenvalue weighted by atomic mass is 10.1. The molecule has 0 aliphatic carbocycles. The number of benzene rings is 2. The molecule has 0 unspecified atom stereocenters. The lowest BCUT2D eigenvalue weighted by Gasteiger charge is -2.07. The van der Waals surface area contributed by atoms with Crippen LogP contribution in [-0.4, -0.2) is 19.4 Å². The topological polar surface area (TPSA) is 83.5 Å². The van der Waals surface area contributed by atoms with Crippen LogP contribution in [0.5, 0.6) is 5.75 Å². The zero-order chi connectivity index (χ0) is 15.3. The fraction of sp³-hybridized carbons (Fsp3) is 0.133. The number of nitrogens with one attached hydrogen (secondary N) is 1. The van der Waals surface area contributed by atoms with Gasteiger partial charge in [-0.3, -0.25) is 4.79 Å². The predicted octanol–water partition coefficient (Wildman–Crippen LogP) is 1.83. The van der Waals surface area contributed by atoms with Crippen molar-refractivity contribution >= 4 is 15.9 Å². The van der Waals surface area contributed by atoms with Crippen molar-refractivity contribution in [1.29, 1.82) is 0 Å². The van der Waals surface area contributed by atoms with E-state index in [-0.39, 0.29) is 17.1 Å². The van der Waals surface area contributed by atoms with Crippen molar-refractivity contribution in [2.45, 2.75) is 17.7 Å². The number of phenolic OH excluding ortho intramolecular Hbond substituents is 1. The molecule has 0 aliphatic rings. The van der Waals surface area contributed by atoms with Gasteiger partial charge in [0.1, 0.15) is 5.75 Å². The van der Waals surface area contributed by atoms with Crippen LogP contribution in [0.2, 0.25) is 0 Å². The van der Waals surface area contributed by atoms with Crippen LogP contribution < -0.4 is 4.72 Å². The molecule has 110 valence electrons. The third kappa shape index (κ3) is 4.32. The first-order valence-electron chi connectivity index (χ1n) is 6.36. The number of sulfonamides is 1. The van der Waals surface area contributed by atoms with Gasteiger partial charge in [-0.15, -0.1) is 0 Å². The quantitative estimate of drug-likeness (QED) is 0.882. The average Bonchev–Trinajstić information content (AvgIpc) is 2.46. The van der Waals surface area contributed by atoms with Gasteiger partial charge in [-0.05, 0) is 36.2 Å². The first kappa shape index (κ1) is 15.1. The Labute approximate surface area is 123 Å². The summed E-state index contributed by atoms with van der Waals surface area (Å²) in [5, 5.41) is 9.13. The molecule has 0 atom stereocenters. The highest BCUT2D eigenvalue weighted by Gasteiger charge is 2.17. The van der Waals surface area contributed by atoms with Crippen molar-refractivity contribution in [2.75, 3.05) is 0 Å². The van der Waals surface area contributed by atoms with E-state index in [1.807, 2.05) is 35.1 Å². The van der Waals surface area contributed by atoms with Gasteiger partial charge in [0.2, 0.25) is 5.91 Å². The fourth-order valence-electron chi connectivity index (χ4n) is 1.79. The summed E-state index contributed by atoms with van der Waals surface area (Å²) >= 11 is 0. The zero-order valence-corrected chi connectivity index (χ0v) is 12.0. The van der Waals surface area contributed by atoms with Gasteiger partial charge in [0.15, 0.2) is 0 Å². The van der Waals surface area contributed by atoms with Crippen LogP contribution in [0, 0.1) is 0 Å². The van der Waals surface area contributed by atoms with Gasteiger partial charge in [-0.1, -0.05) is 30.3 Å². The van der Waals surface area contributed by atoms with Gasteiger partial charge >= 0.3 is 0 Å². The van der Waals surface area contributed by atoms with E-state index in [1.165, 1.54) is 24.3 Å². The number of carbonyl (C=O) groups is 1. The Morgan fingerprint density at radius 3 is 2.24 bits per heavy atom. The van der Waals surface area contributed by atoms with E-state index < -0.39 is 15.9 Å². The number of hydrogen-bond acceptors (Lipinski definition) is 4. The molecule has 2 rings (SSSR count). The minimum absolute atomic E-state index is 0.0376. The van der Waals surface area contributed by atoms with Crippen LogP contribution in [0.1, 0.15) is 12.0 Å². The Kier molecular flexibility index (Phi) is 4.59. The van der Waals surface area contributed by atoms with E-state index >= 15 is 0 Å². The molecule has 2 N–H and O–H groups in total. The van der Waals surface area contributed by atoms with Crippen molar-refractivity contribution in [3.05, 3.63) is 60.2 Å². The number of aryl methyl sites for hydroxylation is 1. The van der Waals surface area contributed by atoms with Crippen LogP contribution in [0.3, 0.4) is 0 Å². The van der Waals surface area contributed by atoms with Crippen LogP contribution in [0.4, 0.5) is 0 Å². The molecule has 0 saturated heterocycles. The van der Waals surface area contributed by atoms with E-state index in [1.54, 1.807) is 0 Å². The van der Waals surface area contributed by atoms with Crippen molar-refractivity contribution in [2.24, 2.45) is 0 Å². The predicted molar refractivity (Wildman–Crippen MR) is 78.2 cm³/mol. The van der Waals surface area contributed by atoms with Gasteiger partial charge < -0.3 is 5.11 Å². The summed E-state index contributed by atoms with van der Waals surface area (Å²) in [6.07, 6.45) is 0.555. The molecule has 0 radical (unpaired) electrons. The minimum Gasteiger partial charge on any atom is -0.508 e. The number of aromatic hydroxyl groups is 1. The largest absolute Gasteiger partial charge is 0.508 e. The molecule has 0 fully saturated rings. The highest BCUT2D eigenvalue weighted by Crippen LogP contribution is 2.14. The molecule has 2 aromatic rings. The molecule has 6 heteroatoms. The Morgan fingerprint density at radius 1 is 1.00 bits per heavy atom. The second-order valence-electron chi connectivity index (χ2n) is 4.51. The molecule has 0 bridgehead atoms. The lowest BCUT2D eigenvalue weighted by Crippen LogP contribution is -2.30. The maximum atomic E-state index is 12.0. The smallest absolute Gasteiger partial charge is 0.264 e. The second-order valence-corrected chi connectivity index (χ2v) is 6.19. The maximum absolute atomic E-state index is 12.0. The van der Waals surface area contributed by atoms with E-state index in [9.17, 15) is 13.2 Å². The first-order valence-corrected chi connectivity index (χ1v) is 7.84. The standard InChI is InChI=1S/C15H15NO4S/c17-13-7-9-14(10-8-13)21(19,20)16-15(18)11-6-12-4-2-1-3-5-12/h1-5,7-10,17H,6,11H2,(H,16,18). The third-order valence-electron chi connectivity index (χ3n) is 2.88. The Morgan fingerprint density at radius 2 is 1.62 bits per heavy atom. The summed E-state index contributed by atoms with van der Waals surface area (Å²) < 4.78 is 25.9. The molecule has 0 spiro atoms. The van der Waals surface area contributed by atoms with E-state index in [4.69, 9.17) is 5.11 Å². The Hall–Kier alpha value is -2.34. The first-order chi connectivity index (χ1) is 9.97. The van der Waals surface area contributed by atoms with Crippen molar-refractivity contribution in [1.82, 2.24) is 4.72 Å². The van der Waals surface area contributed by atoms with Gasteiger partial charge in [0, 0.05) is 6.42 Å². The molecule has 2 aromatic carbocycles. The van der Waals surface area contributed by atoms with Gasteiger partial charge in [0.05, 0.1) is 4.90 Å². The third-order valence-corrected chi connectivity index (χ3v) is 4.27. The highest BCUT2D eigenvalue weighted by atomic mass is 32.2. The monoisotopic (exact) mass is 305 g/mol. The number of hydrogen-bond donors (Lipinski definition) is 2. The van der Waals surface area contributed by atoms with Crippen molar-refractivity contribution in [3.63, 3.8) is 0 Å². The van der Waals surface area contributed by atoms with Crippen LogP contribution in [-0.2, 0) is 21.2 Å². The molecule has 0 aromatic heterocycles. The number of phenols is 1. The van der Waals surface area contributed by atoms with E-state index in [0.717, 1.165) is 5.56 Å². The average molecular weight is 305 g/mol. The SMILES string of the molecule is O=C(CCc1ccccc1)NS(=O)(=O)c1ccc(O)cc1. The summed E-state index contributed by atoms with van der Waals surface area (Å²) in [4.78, 5) is 11.7. The molecule has 0 saturated carbocycles. The number of amides is 1. The molecule has 0 aliphatic heterocycles. The fourth-order valence-corrected chi connectivity index (χ4v) is 2.80. The number of carbonyl (C=O) groups excluding carboxylic acids is 1. The molecular weight excluding hydrogens is 290 g/mol. The summed E-state index contributed by atoms with van der Waals surface area (Å²) in [7, 11) is -3.89. The van der Waals surface area contributed by atoms with Crippen LogP contribution in [0.25, 0.3) is 0 Å². The molecule has 1 amide bonds. The van der Waals surface area contributed by atoms with Gasteiger partial charge in [-0.2, -0.15) is 0 Å². The molecule has 21 heavy (non-hydrogen) atoms. The molecule has 0 heterocycles. The van der Waals surface area contributed by atoms with Crippen molar-refractivity contribution in [3.8, 4) is 5.75 Å². The normalized spacial score (nSPS) is 11.0. The van der Waals surface area contributed by atoms with Gasteiger partial charge in [0.25, 0.3) is 10.0 Å². The Balaban J connectivity index is 1.97. The lowest BCUT2D eigenvalue weighted by molar-refractivity contribution is -0.119. The van der Waals surface area contributed by atoms with Crippen LogP contribution in [0.15, 0.2) is 59.5 Å². The molecule has 5 nitrogen and oxygen atoms in total. The van der Waals surface area contributed by atoms with Crippen LogP contribution >= 0.6 is 0 Å². The number of rotatable bonds is 5. The zero-order valence-electron chi connectivity index (χ0n) is 11.2. The Bertz CT molecular complexity index is 709. The summed E-state index contributed by atoms with van der Waals surface area (Å²) in [6.45, 7) is 0. The highest BCUT2D eigenvalue weighted by molar-refractivity contribution is 7.90. The van der Waals surface area contributed by atoms with E-state index in [2.05, 4.69) is 0 Å².